The van der Waals surface area contributed by atoms with Gasteiger partial charge in [-0.2, -0.15) is 0 Å². The molecule has 7 heteroatoms. The average Bonchev–Trinajstić information content (AvgIpc) is 2.44. The van der Waals surface area contributed by atoms with Crippen molar-refractivity contribution in [3.05, 3.63) is 0 Å². The number of thioether (sulfide) groups is 1. The second-order valence-corrected chi connectivity index (χ2v) is 4.76. The van der Waals surface area contributed by atoms with Gasteiger partial charge >= 0.3 is 11.9 Å². The molecule has 1 aliphatic heterocycles. The molecule has 84 valence electrons. The minimum absolute atomic E-state index is 0.0950. The standard InChI is InChI=1S/C8H11NO5S/c1-4(10)9-5(6(11)12)3-15-8(9,2)7(13)14/h5H,3H2,1-2H3,(H,11,12)(H,13,14). The topological polar surface area (TPSA) is 94.9 Å². The zero-order valence-corrected chi connectivity index (χ0v) is 9.08. The lowest BCUT2D eigenvalue weighted by molar-refractivity contribution is -0.157. The van der Waals surface area contributed by atoms with E-state index in [0.29, 0.717) is 0 Å². The van der Waals surface area contributed by atoms with Gasteiger partial charge in [-0.1, -0.05) is 0 Å². The fourth-order valence-electron chi connectivity index (χ4n) is 1.55. The monoisotopic (exact) mass is 233 g/mol. The second kappa shape index (κ2) is 3.73. The highest BCUT2D eigenvalue weighted by atomic mass is 32.2. The van der Waals surface area contributed by atoms with Crippen LogP contribution in [0.2, 0.25) is 0 Å². The molecular weight excluding hydrogens is 222 g/mol. The molecule has 2 unspecified atom stereocenters. The summed E-state index contributed by atoms with van der Waals surface area (Å²) in [5.74, 6) is -2.83. The van der Waals surface area contributed by atoms with Gasteiger partial charge in [0.05, 0.1) is 0 Å². The number of carbonyl (C=O) groups is 3. The zero-order chi connectivity index (χ0) is 11.8. The molecule has 0 saturated carbocycles. The Hall–Kier alpha value is -1.24. The summed E-state index contributed by atoms with van der Waals surface area (Å²) in [5.41, 5.74) is 0. The first-order valence-electron chi connectivity index (χ1n) is 4.20. The quantitative estimate of drug-likeness (QED) is 0.688. The molecule has 0 aromatic carbocycles. The number of rotatable bonds is 2. The van der Waals surface area contributed by atoms with Crippen LogP contribution in [-0.4, -0.2) is 49.6 Å². The Bertz CT molecular complexity index is 331. The van der Waals surface area contributed by atoms with Crippen molar-refractivity contribution in [3.63, 3.8) is 0 Å². The third-order valence-corrected chi connectivity index (χ3v) is 3.73. The van der Waals surface area contributed by atoms with Crippen molar-refractivity contribution in [2.24, 2.45) is 0 Å². The minimum atomic E-state index is -1.48. The lowest BCUT2D eigenvalue weighted by atomic mass is 10.2. The predicted molar refractivity (Wildman–Crippen MR) is 52.4 cm³/mol. The lowest BCUT2D eigenvalue weighted by Gasteiger charge is -2.31. The van der Waals surface area contributed by atoms with Crippen molar-refractivity contribution in [2.75, 3.05) is 5.75 Å². The number of hydrogen-bond acceptors (Lipinski definition) is 4. The van der Waals surface area contributed by atoms with Crippen LogP contribution >= 0.6 is 11.8 Å². The molecule has 1 heterocycles. The van der Waals surface area contributed by atoms with Crippen LogP contribution in [0.4, 0.5) is 0 Å². The Kier molecular flexibility index (Phi) is 2.94. The van der Waals surface area contributed by atoms with Crippen molar-refractivity contribution in [2.45, 2.75) is 24.8 Å². The van der Waals surface area contributed by atoms with E-state index >= 15 is 0 Å². The van der Waals surface area contributed by atoms with E-state index in [1.165, 1.54) is 13.8 Å². The van der Waals surface area contributed by atoms with Gasteiger partial charge < -0.3 is 15.1 Å². The molecule has 1 rings (SSSR count). The summed E-state index contributed by atoms with van der Waals surface area (Å²) < 4.78 is 0. The highest BCUT2D eigenvalue weighted by Crippen LogP contribution is 2.39. The van der Waals surface area contributed by atoms with Gasteiger partial charge in [0.2, 0.25) is 5.91 Å². The summed E-state index contributed by atoms with van der Waals surface area (Å²) in [6.07, 6.45) is 0. The van der Waals surface area contributed by atoms with Crippen LogP contribution in [0.5, 0.6) is 0 Å². The molecule has 15 heavy (non-hydrogen) atoms. The maximum atomic E-state index is 11.3. The van der Waals surface area contributed by atoms with Crippen LogP contribution in [-0.2, 0) is 14.4 Å². The van der Waals surface area contributed by atoms with E-state index in [0.717, 1.165) is 16.7 Å². The first-order chi connectivity index (χ1) is 6.80. The number of aliphatic carboxylic acids is 2. The molecule has 1 aliphatic rings. The first-order valence-corrected chi connectivity index (χ1v) is 5.19. The number of hydrogen-bond donors (Lipinski definition) is 2. The van der Waals surface area contributed by atoms with Crippen molar-refractivity contribution >= 4 is 29.6 Å². The maximum absolute atomic E-state index is 11.3. The molecule has 1 amide bonds. The van der Waals surface area contributed by atoms with Gasteiger partial charge in [-0.15, -0.1) is 11.8 Å². The van der Waals surface area contributed by atoms with Crippen LogP contribution in [0.15, 0.2) is 0 Å². The highest BCUT2D eigenvalue weighted by Gasteiger charge is 2.53. The van der Waals surface area contributed by atoms with Crippen LogP contribution in [0.3, 0.4) is 0 Å². The van der Waals surface area contributed by atoms with E-state index < -0.39 is 28.8 Å². The van der Waals surface area contributed by atoms with E-state index in [4.69, 9.17) is 10.2 Å². The zero-order valence-electron chi connectivity index (χ0n) is 8.26. The Labute approximate surface area is 90.2 Å². The molecule has 0 aromatic heterocycles. The number of carboxylic acids is 2. The van der Waals surface area contributed by atoms with Crippen LogP contribution in [0.25, 0.3) is 0 Å². The summed E-state index contributed by atoms with van der Waals surface area (Å²) in [6, 6.07) is -1.06. The van der Waals surface area contributed by atoms with Gasteiger partial charge in [0.1, 0.15) is 6.04 Å². The van der Waals surface area contributed by atoms with E-state index in [-0.39, 0.29) is 5.75 Å². The van der Waals surface area contributed by atoms with Crippen LogP contribution < -0.4 is 0 Å². The second-order valence-electron chi connectivity index (χ2n) is 3.34. The Morgan fingerprint density at radius 2 is 1.93 bits per heavy atom. The van der Waals surface area contributed by atoms with Crippen LogP contribution in [0.1, 0.15) is 13.8 Å². The summed E-state index contributed by atoms with van der Waals surface area (Å²) in [7, 11) is 0. The molecule has 6 nitrogen and oxygen atoms in total. The van der Waals surface area contributed by atoms with Crippen LogP contribution in [0, 0.1) is 0 Å². The normalized spacial score (nSPS) is 30.3. The van der Waals surface area contributed by atoms with Crippen molar-refractivity contribution < 1.29 is 24.6 Å². The molecule has 0 spiro atoms. The predicted octanol–water partition coefficient (Wildman–Crippen LogP) is -0.164. The van der Waals surface area contributed by atoms with Crippen molar-refractivity contribution in [1.82, 2.24) is 4.90 Å². The smallest absolute Gasteiger partial charge is 0.340 e. The Morgan fingerprint density at radius 1 is 1.40 bits per heavy atom. The van der Waals surface area contributed by atoms with Gasteiger partial charge in [0, 0.05) is 12.7 Å². The minimum Gasteiger partial charge on any atom is -0.480 e. The highest BCUT2D eigenvalue weighted by molar-refractivity contribution is 8.01. The summed E-state index contributed by atoms with van der Waals surface area (Å²) in [4.78, 5) is 32.5. The maximum Gasteiger partial charge on any atom is 0.340 e. The molecule has 2 N–H and O–H groups in total. The van der Waals surface area contributed by atoms with Gasteiger partial charge in [-0.3, -0.25) is 4.79 Å². The molecular formula is C8H11NO5S. The average molecular weight is 233 g/mol. The van der Waals surface area contributed by atoms with E-state index in [2.05, 4.69) is 0 Å². The van der Waals surface area contributed by atoms with Gasteiger partial charge in [-0.05, 0) is 6.92 Å². The molecule has 1 fully saturated rings. The molecule has 0 aromatic rings. The largest absolute Gasteiger partial charge is 0.480 e. The van der Waals surface area contributed by atoms with Gasteiger partial charge in [0.15, 0.2) is 4.87 Å². The third-order valence-electron chi connectivity index (χ3n) is 2.31. The Balaban J connectivity index is 3.10. The molecule has 0 radical (unpaired) electrons. The number of amides is 1. The molecule has 0 bridgehead atoms. The van der Waals surface area contributed by atoms with Crippen molar-refractivity contribution in [3.8, 4) is 0 Å². The summed E-state index contributed by atoms with van der Waals surface area (Å²) in [5, 5.41) is 17.8. The number of carbonyl (C=O) groups excluding carboxylic acids is 1. The summed E-state index contributed by atoms with van der Waals surface area (Å²) in [6.45, 7) is 2.51. The van der Waals surface area contributed by atoms with E-state index in [1.54, 1.807) is 0 Å². The fourth-order valence-corrected chi connectivity index (χ4v) is 2.84. The third kappa shape index (κ3) is 1.79. The molecule has 0 aliphatic carbocycles. The number of carboxylic acid groups (broad SMARTS) is 2. The SMILES string of the molecule is CC(=O)N1C(C(=O)O)CSC1(C)C(=O)O. The fraction of sp³-hybridized carbons (Fsp3) is 0.625. The van der Waals surface area contributed by atoms with Gasteiger partial charge in [0.25, 0.3) is 0 Å². The number of nitrogens with zero attached hydrogens (tertiary/aromatic N) is 1. The molecule has 2 atom stereocenters. The Morgan fingerprint density at radius 3 is 2.27 bits per heavy atom. The lowest BCUT2D eigenvalue weighted by Crippen LogP contribution is -2.54. The van der Waals surface area contributed by atoms with E-state index in [1.807, 2.05) is 0 Å². The van der Waals surface area contributed by atoms with Gasteiger partial charge in [-0.25, -0.2) is 9.59 Å². The summed E-state index contributed by atoms with van der Waals surface area (Å²) >= 11 is 0.950. The molecule has 1 saturated heterocycles. The van der Waals surface area contributed by atoms with Crippen molar-refractivity contribution in [1.29, 1.82) is 0 Å². The van der Waals surface area contributed by atoms with E-state index in [9.17, 15) is 14.4 Å². The first kappa shape index (κ1) is 11.8.